The fraction of sp³-hybridized carbons (Fsp3) is 0.588. The summed E-state index contributed by atoms with van der Waals surface area (Å²) in [6.07, 6.45) is 6.02. The molecule has 0 spiro atoms. The molecule has 0 aromatic heterocycles. The van der Waals surface area contributed by atoms with E-state index >= 15 is 0 Å². The lowest BCUT2D eigenvalue weighted by Gasteiger charge is -2.33. The Kier molecular flexibility index (Phi) is 4.28. The van der Waals surface area contributed by atoms with Crippen LogP contribution in [0.2, 0.25) is 0 Å². The van der Waals surface area contributed by atoms with E-state index in [1.165, 1.54) is 24.8 Å². The van der Waals surface area contributed by atoms with Crippen molar-refractivity contribution in [3.05, 3.63) is 34.9 Å². The van der Waals surface area contributed by atoms with Gasteiger partial charge in [0.05, 0.1) is 6.42 Å². The highest BCUT2D eigenvalue weighted by atomic mass is 16.6. The van der Waals surface area contributed by atoms with E-state index in [2.05, 4.69) is 32.0 Å². The van der Waals surface area contributed by atoms with Gasteiger partial charge in [-0.3, -0.25) is 4.79 Å². The number of ether oxygens (including phenoxy) is 1. The number of rotatable bonds is 3. The van der Waals surface area contributed by atoms with Crippen molar-refractivity contribution in [2.45, 2.75) is 64.9 Å². The molecule has 0 atom stereocenters. The summed E-state index contributed by atoms with van der Waals surface area (Å²) in [5.74, 6) is -0.0851. The van der Waals surface area contributed by atoms with E-state index in [-0.39, 0.29) is 11.6 Å². The van der Waals surface area contributed by atoms with Gasteiger partial charge >= 0.3 is 5.97 Å². The van der Waals surface area contributed by atoms with Gasteiger partial charge in [-0.25, -0.2) is 0 Å². The number of esters is 1. The van der Waals surface area contributed by atoms with Crippen molar-refractivity contribution in [2.75, 3.05) is 0 Å². The Morgan fingerprint density at radius 3 is 2.58 bits per heavy atom. The zero-order valence-corrected chi connectivity index (χ0v) is 12.3. The van der Waals surface area contributed by atoms with E-state index in [0.29, 0.717) is 6.42 Å². The first-order valence-corrected chi connectivity index (χ1v) is 7.26. The monoisotopic (exact) mass is 260 g/mol. The molecule has 0 amide bonds. The molecule has 0 saturated heterocycles. The SMILES string of the molecule is Cc1ccc(C)c(CC(=O)OC2(C)CCCCC2)c1. The normalized spacial score (nSPS) is 18.1. The minimum Gasteiger partial charge on any atom is -0.459 e. The van der Waals surface area contributed by atoms with Crippen LogP contribution in [0.1, 0.15) is 55.7 Å². The van der Waals surface area contributed by atoms with Gasteiger partial charge in [-0.2, -0.15) is 0 Å². The highest BCUT2D eigenvalue weighted by Gasteiger charge is 2.30. The van der Waals surface area contributed by atoms with Gasteiger partial charge in [-0.05, 0) is 57.6 Å². The molecule has 1 aliphatic carbocycles. The zero-order chi connectivity index (χ0) is 13.9. The molecule has 0 unspecified atom stereocenters. The highest BCUT2D eigenvalue weighted by molar-refractivity contribution is 5.73. The number of benzene rings is 1. The first-order valence-electron chi connectivity index (χ1n) is 7.26. The Morgan fingerprint density at radius 1 is 1.21 bits per heavy atom. The molecule has 19 heavy (non-hydrogen) atoms. The van der Waals surface area contributed by atoms with Crippen LogP contribution in [0.3, 0.4) is 0 Å². The first-order chi connectivity index (χ1) is 8.98. The van der Waals surface area contributed by atoms with Gasteiger partial charge in [0.1, 0.15) is 5.60 Å². The minimum atomic E-state index is -0.229. The Morgan fingerprint density at radius 2 is 1.89 bits per heavy atom. The van der Waals surface area contributed by atoms with Crippen molar-refractivity contribution < 1.29 is 9.53 Å². The van der Waals surface area contributed by atoms with Crippen LogP contribution >= 0.6 is 0 Å². The van der Waals surface area contributed by atoms with Crippen LogP contribution in [-0.4, -0.2) is 11.6 Å². The van der Waals surface area contributed by atoms with Gasteiger partial charge in [0, 0.05) is 0 Å². The molecule has 1 aromatic carbocycles. The number of carbonyl (C=O) groups is 1. The minimum absolute atomic E-state index is 0.0851. The van der Waals surface area contributed by atoms with Crippen molar-refractivity contribution in [3.63, 3.8) is 0 Å². The summed E-state index contributed by atoms with van der Waals surface area (Å²) in [6.45, 7) is 6.17. The molecule has 0 heterocycles. The number of aryl methyl sites for hydroxylation is 2. The van der Waals surface area contributed by atoms with Crippen molar-refractivity contribution in [2.24, 2.45) is 0 Å². The van der Waals surface area contributed by atoms with Gasteiger partial charge in [0.25, 0.3) is 0 Å². The van der Waals surface area contributed by atoms with E-state index < -0.39 is 0 Å². The standard InChI is InChI=1S/C17H24O2/c1-13-7-8-14(2)15(11-13)12-16(18)19-17(3)9-5-4-6-10-17/h7-8,11H,4-6,9-10,12H2,1-3H3. The molecule has 1 aromatic rings. The average molecular weight is 260 g/mol. The Hall–Kier alpha value is -1.31. The van der Waals surface area contributed by atoms with Gasteiger partial charge in [-0.1, -0.05) is 30.2 Å². The van der Waals surface area contributed by atoms with E-state index in [4.69, 9.17) is 4.74 Å². The molecule has 2 heteroatoms. The summed E-state index contributed by atoms with van der Waals surface area (Å²) in [4.78, 5) is 12.1. The Labute approximate surface area is 116 Å². The first kappa shape index (κ1) is 14.1. The van der Waals surface area contributed by atoms with Crippen molar-refractivity contribution >= 4 is 5.97 Å². The van der Waals surface area contributed by atoms with Crippen LogP contribution in [0.25, 0.3) is 0 Å². The fourth-order valence-electron chi connectivity index (χ4n) is 2.86. The van der Waals surface area contributed by atoms with Crippen LogP contribution in [0.15, 0.2) is 18.2 Å². The lowest BCUT2D eigenvalue weighted by Crippen LogP contribution is -2.34. The summed E-state index contributed by atoms with van der Waals surface area (Å²) < 4.78 is 5.74. The second-order valence-electron chi connectivity index (χ2n) is 6.09. The van der Waals surface area contributed by atoms with E-state index in [9.17, 15) is 4.79 Å². The average Bonchev–Trinajstić information content (AvgIpc) is 2.34. The molecule has 104 valence electrons. The third-order valence-electron chi connectivity index (χ3n) is 4.11. The van der Waals surface area contributed by atoms with Crippen molar-refractivity contribution in [1.82, 2.24) is 0 Å². The summed E-state index contributed by atoms with van der Waals surface area (Å²) >= 11 is 0. The second-order valence-corrected chi connectivity index (χ2v) is 6.09. The van der Waals surface area contributed by atoms with Gasteiger partial charge in [0.2, 0.25) is 0 Å². The van der Waals surface area contributed by atoms with E-state index in [1.807, 2.05) is 6.92 Å². The predicted octanol–water partition coefficient (Wildman–Crippen LogP) is 4.11. The molecule has 0 aliphatic heterocycles. The number of hydrogen-bond donors (Lipinski definition) is 0. The predicted molar refractivity (Wildman–Crippen MR) is 77.2 cm³/mol. The Bertz CT molecular complexity index is 456. The van der Waals surface area contributed by atoms with Crippen LogP contribution in [0, 0.1) is 13.8 Å². The van der Waals surface area contributed by atoms with E-state index in [1.54, 1.807) is 0 Å². The van der Waals surface area contributed by atoms with Crippen LogP contribution in [0.5, 0.6) is 0 Å². The summed E-state index contributed by atoms with van der Waals surface area (Å²) in [6, 6.07) is 6.23. The maximum absolute atomic E-state index is 12.1. The largest absolute Gasteiger partial charge is 0.459 e. The molecule has 0 bridgehead atoms. The highest BCUT2D eigenvalue weighted by Crippen LogP contribution is 2.31. The molecule has 0 radical (unpaired) electrons. The van der Waals surface area contributed by atoms with Crippen LogP contribution < -0.4 is 0 Å². The van der Waals surface area contributed by atoms with Gasteiger partial charge < -0.3 is 4.74 Å². The zero-order valence-electron chi connectivity index (χ0n) is 12.3. The topological polar surface area (TPSA) is 26.3 Å². The number of hydrogen-bond acceptors (Lipinski definition) is 2. The second kappa shape index (κ2) is 5.77. The quantitative estimate of drug-likeness (QED) is 0.764. The van der Waals surface area contributed by atoms with Crippen molar-refractivity contribution in [1.29, 1.82) is 0 Å². The summed E-state index contributed by atoms with van der Waals surface area (Å²) in [7, 11) is 0. The maximum Gasteiger partial charge on any atom is 0.310 e. The molecule has 2 rings (SSSR count). The van der Waals surface area contributed by atoms with E-state index in [0.717, 1.165) is 24.0 Å². The summed E-state index contributed by atoms with van der Waals surface area (Å²) in [5, 5.41) is 0. The van der Waals surface area contributed by atoms with Gasteiger partial charge in [0.15, 0.2) is 0 Å². The third kappa shape index (κ3) is 3.82. The van der Waals surface area contributed by atoms with Crippen molar-refractivity contribution in [3.8, 4) is 0 Å². The lowest BCUT2D eigenvalue weighted by molar-refractivity contribution is -0.160. The molecular formula is C17H24O2. The third-order valence-corrected chi connectivity index (χ3v) is 4.11. The molecule has 1 aliphatic rings. The molecule has 2 nitrogen and oxygen atoms in total. The molecular weight excluding hydrogens is 236 g/mol. The van der Waals surface area contributed by atoms with Gasteiger partial charge in [-0.15, -0.1) is 0 Å². The molecule has 1 fully saturated rings. The fourth-order valence-corrected chi connectivity index (χ4v) is 2.86. The Balaban J connectivity index is 1.99. The smallest absolute Gasteiger partial charge is 0.310 e. The number of carbonyl (C=O) groups excluding carboxylic acids is 1. The van der Waals surface area contributed by atoms with Crippen LogP contribution in [0.4, 0.5) is 0 Å². The molecule has 1 saturated carbocycles. The lowest BCUT2D eigenvalue weighted by atomic mass is 9.86. The maximum atomic E-state index is 12.1. The van der Waals surface area contributed by atoms with Crippen LogP contribution in [-0.2, 0) is 16.0 Å². The summed E-state index contributed by atoms with van der Waals surface area (Å²) in [5.41, 5.74) is 3.21. The molecule has 0 N–H and O–H groups in total.